The summed E-state index contributed by atoms with van der Waals surface area (Å²) in [5.41, 5.74) is 3.26. The number of piperazine rings is 1. The third kappa shape index (κ3) is 5.55. The highest BCUT2D eigenvalue weighted by Gasteiger charge is 2.32. The van der Waals surface area contributed by atoms with E-state index in [1.54, 1.807) is 29.3 Å². The maximum absolute atomic E-state index is 13.3. The van der Waals surface area contributed by atoms with Gasteiger partial charge in [-0.25, -0.2) is 0 Å². The molecule has 1 fully saturated rings. The van der Waals surface area contributed by atoms with Crippen LogP contribution in [0.5, 0.6) is 5.75 Å². The number of aliphatic hydroxyl groups is 1. The van der Waals surface area contributed by atoms with Crippen LogP contribution in [0, 0.1) is 6.92 Å². The molecule has 2 aromatic rings. The lowest BCUT2D eigenvalue weighted by Crippen LogP contribution is -2.58. The van der Waals surface area contributed by atoms with Crippen LogP contribution in [-0.4, -0.2) is 83.6 Å². The van der Waals surface area contributed by atoms with Gasteiger partial charge in [0.2, 0.25) is 5.91 Å². The molecular weight excluding hydrogens is 489 g/mol. The summed E-state index contributed by atoms with van der Waals surface area (Å²) in [7, 11) is 1.58. The number of halogens is 2. The number of nitrogens with zero attached hydrogens (tertiary/aromatic N) is 5. The van der Waals surface area contributed by atoms with Gasteiger partial charge in [0.1, 0.15) is 18.0 Å². The Morgan fingerprint density at radius 1 is 1.23 bits per heavy atom. The second-order valence-electron chi connectivity index (χ2n) is 8.68. The number of allylic oxidation sites excluding steroid dienone is 1. The summed E-state index contributed by atoms with van der Waals surface area (Å²) in [5, 5.41) is 17.6. The highest BCUT2D eigenvalue weighted by Crippen LogP contribution is 2.30. The van der Waals surface area contributed by atoms with Gasteiger partial charge < -0.3 is 19.6 Å². The van der Waals surface area contributed by atoms with Gasteiger partial charge in [0.25, 0.3) is 0 Å². The Kier molecular flexibility index (Phi) is 7.84. The number of methoxy groups -OCH3 is 1. The molecule has 1 saturated heterocycles. The van der Waals surface area contributed by atoms with Crippen LogP contribution in [0.2, 0.25) is 5.02 Å². The minimum absolute atomic E-state index is 0.0840. The van der Waals surface area contributed by atoms with Crippen LogP contribution in [0.15, 0.2) is 52.7 Å². The third-order valence-electron chi connectivity index (χ3n) is 6.29. The number of carbonyl (C=O) groups excluding carboxylic acids is 1. The van der Waals surface area contributed by atoms with Gasteiger partial charge >= 0.3 is 0 Å². The van der Waals surface area contributed by atoms with Crippen LogP contribution in [0.4, 0.5) is 5.69 Å². The van der Waals surface area contributed by atoms with E-state index in [0.29, 0.717) is 41.2 Å². The van der Waals surface area contributed by atoms with Crippen molar-refractivity contribution >= 4 is 40.5 Å². The lowest BCUT2D eigenvalue weighted by atomic mass is 10.1. The molecule has 2 atom stereocenters. The fourth-order valence-corrected chi connectivity index (χ4v) is 4.88. The average Bonchev–Trinajstić information content (AvgIpc) is 2.85. The van der Waals surface area contributed by atoms with Crippen LogP contribution in [0.1, 0.15) is 18.2 Å². The zero-order valence-electron chi connectivity index (χ0n) is 20.0. The van der Waals surface area contributed by atoms with Crippen molar-refractivity contribution in [2.75, 3.05) is 44.8 Å². The first-order valence-corrected chi connectivity index (χ1v) is 12.2. The van der Waals surface area contributed by atoms with E-state index in [4.69, 9.17) is 33.0 Å². The molecule has 1 aromatic heterocycles. The normalized spacial score (nSPS) is 20.5. The minimum atomic E-state index is -0.344. The van der Waals surface area contributed by atoms with E-state index in [0.717, 1.165) is 16.9 Å². The predicted octanol–water partition coefficient (Wildman–Crippen LogP) is 3.29. The summed E-state index contributed by atoms with van der Waals surface area (Å²) >= 11 is 12.7. The summed E-state index contributed by atoms with van der Waals surface area (Å²) in [4.78, 5) is 21.4. The molecule has 3 heterocycles. The van der Waals surface area contributed by atoms with Gasteiger partial charge in [-0.1, -0.05) is 23.2 Å². The molecule has 0 aliphatic carbocycles. The number of aliphatic hydroxyl groups excluding tert-OH is 1. The van der Waals surface area contributed by atoms with E-state index in [1.165, 1.54) is 0 Å². The fourth-order valence-electron chi connectivity index (χ4n) is 4.36. The van der Waals surface area contributed by atoms with Crippen molar-refractivity contribution < 1.29 is 14.6 Å². The molecule has 0 bridgehead atoms. The van der Waals surface area contributed by atoms with Crippen molar-refractivity contribution in [1.82, 2.24) is 14.9 Å². The molecule has 1 N–H and O–H groups in total. The molecule has 2 unspecified atom stereocenters. The Morgan fingerprint density at radius 3 is 2.74 bits per heavy atom. The van der Waals surface area contributed by atoms with Crippen molar-refractivity contribution in [2.45, 2.75) is 25.9 Å². The van der Waals surface area contributed by atoms with Crippen molar-refractivity contribution in [1.29, 1.82) is 0 Å². The molecule has 1 aromatic carbocycles. The number of rotatable bonds is 6. The molecule has 35 heavy (non-hydrogen) atoms. The summed E-state index contributed by atoms with van der Waals surface area (Å²) in [6, 6.07) is 8.85. The predicted molar refractivity (Wildman–Crippen MR) is 138 cm³/mol. The number of hydrogen-bond acceptors (Lipinski definition) is 7. The van der Waals surface area contributed by atoms with Gasteiger partial charge in [0.05, 0.1) is 35.9 Å². The van der Waals surface area contributed by atoms with Crippen LogP contribution in [0.25, 0.3) is 0 Å². The number of pyridine rings is 1. The monoisotopic (exact) mass is 517 g/mol. The highest BCUT2D eigenvalue weighted by atomic mass is 35.5. The molecule has 186 valence electrons. The molecule has 2 aliphatic rings. The molecule has 0 saturated carbocycles. The first kappa shape index (κ1) is 25.3. The maximum atomic E-state index is 13.3. The standard InChI is InChI=1S/C25H29Cl2N5O3/c1-16-10-18(6-7-28-16)25-22(27)11-17(2)32(29-25)14-24(34)31-9-8-30(13-20(31)15-33)19-4-5-21(26)23(12-19)35-3/h4-7,10-12,17,20,33H,8-9,13-15H2,1-3H3. The Morgan fingerprint density at radius 2 is 2.03 bits per heavy atom. The zero-order valence-corrected chi connectivity index (χ0v) is 21.5. The topological polar surface area (TPSA) is 81.5 Å². The van der Waals surface area contributed by atoms with Crippen molar-refractivity contribution in [3.05, 3.63) is 63.9 Å². The second kappa shape index (κ2) is 10.8. The van der Waals surface area contributed by atoms with E-state index in [1.807, 2.05) is 44.2 Å². The third-order valence-corrected chi connectivity index (χ3v) is 6.91. The van der Waals surface area contributed by atoms with Gasteiger partial charge in [-0.15, -0.1) is 0 Å². The smallest absolute Gasteiger partial charge is 0.244 e. The summed E-state index contributed by atoms with van der Waals surface area (Å²) in [6.07, 6.45) is 3.61. The van der Waals surface area contributed by atoms with E-state index in [-0.39, 0.29) is 31.1 Å². The molecule has 10 heteroatoms. The Hall–Kier alpha value is -2.81. The van der Waals surface area contributed by atoms with E-state index in [2.05, 4.69) is 9.88 Å². The number of carbonyl (C=O) groups is 1. The largest absolute Gasteiger partial charge is 0.495 e. The average molecular weight is 518 g/mol. The molecule has 4 rings (SSSR count). The number of ether oxygens (including phenoxy) is 1. The Bertz CT molecular complexity index is 1160. The highest BCUT2D eigenvalue weighted by molar-refractivity contribution is 6.46. The van der Waals surface area contributed by atoms with Gasteiger partial charge in [0, 0.05) is 48.8 Å². The molecular formula is C25H29Cl2N5O3. The van der Waals surface area contributed by atoms with Gasteiger partial charge in [0.15, 0.2) is 0 Å². The van der Waals surface area contributed by atoms with Gasteiger partial charge in [-0.3, -0.25) is 14.8 Å². The minimum Gasteiger partial charge on any atom is -0.495 e. The van der Waals surface area contributed by atoms with Crippen molar-refractivity contribution in [3.8, 4) is 5.75 Å². The molecule has 0 spiro atoms. The number of aryl methyl sites for hydroxylation is 1. The zero-order chi connectivity index (χ0) is 25.1. The van der Waals surface area contributed by atoms with Crippen LogP contribution < -0.4 is 9.64 Å². The summed E-state index contributed by atoms with van der Waals surface area (Å²) in [5.74, 6) is 0.497. The number of anilines is 1. The Balaban J connectivity index is 1.47. The quantitative estimate of drug-likeness (QED) is 0.633. The van der Waals surface area contributed by atoms with Crippen LogP contribution in [0.3, 0.4) is 0 Å². The number of benzene rings is 1. The number of aromatic nitrogens is 1. The Labute approximate surface area is 215 Å². The van der Waals surface area contributed by atoms with Crippen LogP contribution in [-0.2, 0) is 4.79 Å². The number of hydrazone groups is 1. The summed E-state index contributed by atoms with van der Waals surface area (Å²) < 4.78 is 5.33. The molecule has 0 radical (unpaired) electrons. The molecule has 2 aliphatic heterocycles. The summed E-state index contributed by atoms with van der Waals surface area (Å²) in [6.45, 7) is 5.40. The lowest BCUT2D eigenvalue weighted by Gasteiger charge is -2.42. The lowest BCUT2D eigenvalue weighted by molar-refractivity contribution is -0.136. The van der Waals surface area contributed by atoms with Crippen molar-refractivity contribution in [3.63, 3.8) is 0 Å². The van der Waals surface area contributed by atoms with E-state index >= 15 is 0 Å². The maximum Gasteiger partial charge on any atom is 0.244 e. The van der Waals surface area contributed by atoms with Crippen LogP contribution >= 0.6 is 23.2 Å². The number of hydrogen-bond donors (Lipinski definition) is 1. The fraction of sp³-hybridized carbons (Fsp3) is 0.400. The molecule has 8 nitrogen and oxygen atoms in total. The second-order valence-corrected chi connectivity index (χ2v) is 9.49. The molecule has 1 amide bonds. The van der Waals surface area contributed by atoms with Gasteiger partial charge in [-0.05, 0) is 44.2 Å². The van der Waals surface area contributed by atoms with Crippen molar-refractivity contribution in [2.24, 2.45) is 5.10 Å². The first-order chi connectivity index (χ1) is 16.8. The first-order valence-electron chi connectivity index (χ1n) is 11.5. The van der Waals surface area contributed by atoms with Gasteiger partial charge in [-0.2, -0.15) is 5.10 Å². The van der Waals surface area contributed by atoms with E-state index < -0.39 is 0 Å². The SMILES string of the molecule is COc1cc(N2CCN(C(=O)CN3N=C(c4ccnc(C)c4)C(Cl)=CC3C)C(CO)C2)ccc1Cl. The number of amides is 1. The van der Waals surface area contributed by atoms with E-state index in [9.17, 15) is 9.90 Å².